The zero-order chi connectivity index (χ0) is 20.5. The Labute approximate surface area is 178 Å². The Kier molecular flexibility index (Phi) is 5.35. The zero-order valence-corrected chi connectivity index (χ0v) is 17.3. The van der Waals surface area contributed by atoms with Crippen molar-refractivity contribution >= 4 is 52.1 Å². The minimum Gasteiger partial charge on any atom is -0.342 e. The minimum absolute atomic E-state index is 0.288. The van der Waals surface area contributed by atoms with E-state index in [0.717, 1.165) is 22.0 Å². The van der Waals surface area contributed by atoms with Crippen LogP contribution in [-0.2, 0) is 11.3 Å². The fraction of sp³-hybridized carbons (Fsp3) is 0.182. The van der Waals surface area contributed by atoms with Gasteiger partial charge in [0.1, 0.15) is 5.70 Å². The molecule has 5 nitrogen and oxygen atoms in total. The van der Waals surface area contributed by atoms with Crippen LogP contribution in [0.5, 0.6) is 0 Å². The fourth-order valence-corrected chi connectivity index (χ4v) is 3.98. The first-order chi connectivity index (χ1) is 14.0. The lowest BCUT2D eigenvalue weighted by Gasteiger charge is -2.08. The van der Waals surface area contributed by atoms with E-state index in [1.807, 2.05) is 49.5 Å². The third-order valence-electron chi connectivity index (χ3n) is 4.88. The van der Waals surface area contributed by atoms with Crippen molar-refractivity contribution in [3.63, 3.8) is 0 Å². The van der Waals surface area contributed by atoms with E-state index in [-0.39, 0.29) is 17.6 Å². The summed E-state index contributed by atoms with van der Waals surface area (Å²) in [5, 5.41) is 4.86. The Balaban J connectivity index is 1.73. The monoisotopic (exact) mass is 427 g/mol. The number of nitrogens with zero attached hydrogens (tertiary/aromatic N) is 2. The number of rotatable bonds is 5. The molecule has 0 spiro atoms. The summed E-state index contributed by atoms with van der Waals surface area (Å²) in [4.78, 5) is 25.9. The second-order valence-electron chi connectivity index (χ2n) is 6.91. The number of aromatic nitrogens is 1. The topological polar surface area (TPSA) is 54.3 Å². The SMILES string of the molecule is CCCN1C(=O)N/C(=C/c2cn(Cc3ccc(Cl)cc3Cl)c3ccccc23)C1=O. The van der Waals surface area contributed by atoms with Crippen molar-refractivity contribution in [2.45, 2.75) is 19.9 Å². The molecule has 0 unspecified atom stereocenters. The number of halogens is 2. The van der Waals surface area contributed by atoms with Crippen LogP contribution < -0.4 is 5.32 Å². The van der Waals surface area contributed by atoms with Crippen LogP contribution in [0.4, 0.5) is 4.79 Å². The summed E-state index contributed by atoms with van der Waals surface area (Å²) in [6.07, 6.45) is 4.41. The van der Waals surface area contributed by atoms with Crippen LogP contribution in [0.2, 0.25) is 10.0 Å². The summed E-state index contributed by atoms with van der Waals surface area (Å²) >= 11 is 12.4. The first-order valence-electron chi connectivity index (χ1n) is 9.34. The molecule has 1 fully saturated rings. The van der Waals surface area contributed by atoms with Crippen molar-refractivity contribution < 1.29 is 9.59 Å². The molecule has 29 heavy (non-hydrogen) atoms. The lowest BCUT2D eigenvalue weighted by molar-refractivity contribution is -0.122. The van der Waals surface area contributed by atoms with E-state index in [0.29, 0.717) is 29.6 Å². The Morgan fingerprint density at radius 2 is 1.90 bits per heavy atom. The number of benzene rings is 2. The summed E-state index contributed by atoms with van der Waals surface area (Å²) in [6, 6.07) is 13.0. The Morgan fingerprint density at radius 3 is 2.66 bits per heavy atom. The number of hydrogen-bond acceptors (Lipinski definition) is 2. The summed E-state index contributed by atoms with van der Waals surface area (Å²) < 4.78 is 2.07. The van der Waals surface area contributed by atoms with Crippen LogP contribution >= 0.6 is 23.2 Å². The van der Waals surface area contributed by atoms with Crippen LogP contribution in [0, 0.1) is 0 Å². The van der Waals surface area contributed by atoms with E-state index in [1.54, 1.807) is 12.1 Å². The highest BCUT2D eigenvalue weighted by Crippen LogP contribution is 2.28. The Morgan fingerprint density at radius 1 is 1.10 bits per heavy atom. The summed E-state index contributed by atoms with van der Waals surface area (Å²) in [7, 11) is 0. The molecule has 1 aromatic heterocycles. The van der Waals surface area contributed by atoms with E-state index < -0.39 is 0 Å². The van der Waals surface area contributed by atoms with Crippen LogP contribution in [0.15, 0.2) is 54.4 Å². The molecule has 1 aliphatic rings. The van der Waals surface area contributed by atoms with Crippen molar-refractivity contribution in [1.29, 1.82) is 0 Å². The number of urea groups is 1. The average Bonchev–Trinajstić information content (AvgIpc) is 3.17. The number of carbonyl (C=O) groups excluding carboxylic acids is 2. The van der Waals surface area contributed by atoms with Crippen molar-refractivity contribution in [1.82, 2.24) is 14.8 Å². The summed E-state index contributed by atoms with van der Waals surface area (Å²) in [5.74, 6) is -0.297. The van der Waals surface area contributed by atoms with Crippen LogP contribution in [0.3, 0.4) is 0 Å². The van der Waals surface area contributed by atoms with Crippen molar-refractivity contribution in [2.75, 3.05) is 6.54 Å². The molecule has 0 atom stereocenters. The lowest BCUT2D eigenvalue weighted by atomic mass is 10.1. The molecular formula is C22H19Cl2N3O2. The Hall–Kier alpha value is -2.76. The molecule has 0 saturated carbocycles. The highest BCUT2D eigenvalue weighted by Gasteiger charge is 2.32. The number of hydrogen-bond donors (Lipinski definition) is 1. The number of amides is 3. The van der Waals surface area contributed by atoms with Gasteiger partial charge in [0.05, 0.1) is 0 Å². The van der Waals surface area contributed by atoms with E-state index >= 15 is 0 Å². The summed E-state index contributed by atoms with van der Waals surface area (Å²) in [6.45, 7) is 2.89. The molecule has 2 aromatic carbocycles. The molecule has 2 heterocycles. The number of nitrogens with one attached hydrogen (secondary N) is 1. The summed E-state index contributed by atoms with van der Waals surface area (Å²) in [5.41, 5.74) is 3.09. The molecule has 3 aromatic rings. The van der Waals surface area contributed by atoms with Gasteiger partial charge in [-0.1, -0.05) is 54.4 Å². The largest absolute Gasteiger partial charge is 0.342 e. The quantitative estimate of drug-likeness (QED) is 0.443. The van der Waals surface area contributed by atoms with Gasteiger partial charge < -0.3 is 9.88 Å². The second kappa shape index (κ2) is 7.93. The van der Waals surface area contributed by atoms with Gasteiger partial charge >= 0.3 is 6.03 Å². The zero-order valence-electron chi connectivity index (χ0n) is 15.8. The maximum absolute atomic E-state index is 12.6. The maximum atomic E-state index is 12.6. The molecule has 4 rings (SSSR count). The fourth-order valence-electron chi connectivity index (χ4n) is 3.51. The molecule has 1 N–H and O–H groups in total. The van der Waals surface area contributed by atoms with Gasteiger partial charge in [-0.05, 0) is 36.3 Å². The molecule has 7 heteroatoms. The average molecular weight is 428 g/mol. The van der Waals surface area contributed by atoms with E-state index in [9.17, 15) is 9.59 Å². The van der Waals surface area contributed by atoms with Gasteiger partial charge in [-0.25, -0.2) is 4.79 Å². The van der Waals surface area contributed by atoms with E-state index in [2.05, 4.69) is 9.88 Å². The van der Waals surface area contributed by atoms with Crippen LogP contribution in [-0.4, -0.2) is 28.0 Å². The third-order valence-corrected chi connectivity index (χ3v) is 5.47. The highest BCUT2D eigenvalue weighted by molar-refractivity contribution is 6.35. The first kappa shape index (κ1) is 19.6. The lowest BCUT2D eigenvalue weighted by Crippen LogP contribution is -2.31. The number of para-hydroxylation sites is 1. The standard InChI is InChI=1S/C22H19Cl2N3O2/c1-2-9-27-21(28)19(25-22(27)29)10-15-13-26(20-6-4-3-5-17(15)20)12-14-7-8-16(23)11-18(14)24/h3-8,10-11,13H,2,9,12H2,1H3,(H,25,29)/b19-10+. The van der Waals surface area contributed by atoms with Gasteiger partial charge in [0, 0.05) is 45.8 Å². The maximum Gasteiger partial charge on any atom is 0.329 e. The van der Waals surface area contributed by atoms with E-state index in [4.69, 9.17) is 23.2 Å². The smallest absolute Gasteiger partial charge is 0.329 e. The molecular weight excluding hydrogens is 409 g/mol. The van der Waals surface area contributed by atoms with Crippen molar-refractivity contribution in [3.8, 4) is 0 Å². The second-order valence-corrected chi connectivity index (χ2v) is 7.75. The number of fused-ring (bicyclic) bond motifs is 1. The van der Waals surface area contributed by atoms with Crippen molar-refractivity contribution in [3.05, 3.63) is 75.5 Å². The van der Waals surface area contributed by atoms with Crippen LogP contribution in [0.1, 0.15) is 24.5 Å². The molecule has 0 aliphatic carbocycles. The molecule has 1 aliphatic heterocycles. The first-order valence-corrected chi connectivity index (χ1v) is 10.1. The molecule has 1 saturated heterocycles. The molecule has 3 amide bonds. The Bertz CT molecular complexity index is 1150. The van der Waals surface area contributed by atoms with Gasteiger partial charge in [-0.3, -0.25) is 9.69 Å². The highest BCUT2D eigenvalue weighted by atomic mass is 35.5. The minimum atomic E-state index is -0.375. The van der Waals surface area contributed by atoms with Crippen molar-refractivity contribution in [2.24, 2.45) is 0 Å². The van der Waals surface area contributed by atoms with Gasteiger partial charge in [0.15, 0.2) is 0 Å². The van der Waals surface area contributed by atoms with Gasteiger partial charge in [-0.2, -0.15) is 0 Å². The van der Waals surface area contributed by atoms with Gasteiger partial charge in [0.25, 0.3) is 5.91 Å². The molecule has 0 bridgehead atoms. The normalized spacial score (nSPS) is 15.6. The van der Waals surface area contributed by atoms with Gasteiger partial charge in [-0.15, -0.1) is 0 Å². The van der Waals surface area contributed by atoms with Gasteiger partial charge in [0.2, 0.25) is 0 Å². The number of carbonyl (C=O) groups is 2. The van der Waals surface area contributed by atoms with Crippen LogP contribution in [0.25, 0.3) is 17.0 Å². The third kappa shape index (κ3) is 3.76. The molecule has 0 radical (unpaired) electrons. The predicted molar refractivity (Wildman–Crippen MR) is 116 cm³/mol. The van der Waals surface area contributed by atoms with E-state index in [1.165, 1.54) is 4.90 Å². The molecule has 148 valence electrons. The number of imide groups is 1. The predicted octanol–water partition coefficient (Wildman–Crippen LogP) is 5.30.